The lowest BCUT2D eigenvalue weighted by atomic mass is 10.3. The van der Waals surface area contributed by atoms with Gasteiger partial charge in [0, 0.05) is 45.6 Å². The number of aromatic nitrogens is 2. The summed E-state index contributed by atoms with van der Waals surface area (Å²) in [4.78, 5) is 31.5. The molecule has 3 rings (SSSR count). The normalized spacial score (nSPS) is 14.3. The minimum atomic E-state index is -0.841. The van der Waals surface area contributed by atoms with Crippen molar-refractivity contribution in [1.82, 2.24) is 25.1 Å². The molecule has 33 heavy (non-hydrogen) atoms. The Hall–Kier alpha value is -3.78. The largest absolute Gasteiger partial charge is 0.365 e. The van der Waals surface area contributed by atoms with E-state index >= 15 is 0 Å². The Labute approximate surface area is 198 Å². The molecule has 3 N–H and O–H groups in total. The van der Waals surface area contributed by atoms with Gasteiger partial charge in [-0.3, -0.25) is 0 Å². The van der Waals surface area contributed by atoms with Crippen LogP contribution in [0.3, 0.4) is 0 Å². The third-order valence-corrected chi connectivity index (χ3v) is 4.53. The second-order valence-corrected chi connectivity index (χ2v) is 7.31. The Balaban J connectivity index is 0.000000234. The maximum atomic E-state index is 10.3. The van der Waals surface area contributed by atoms with Crippen LogP contribution < -0.4 is 11.1 Å². The van der Waals surface area contributed by atoms with Crippen LogP contribution in [-0.2, 0) is 13.1 Å². The predicted molar refractivity (Wildman–Crippen MR) is 121 cm³/mol. The third-order valence-electron chi connectivity index (χ3n) is 4.09. The van der Waals surface area contributed by atoms with Crippen molar-refractivity contribution < 1.29 is 10.1 Å². The first kappa shape index (κ1) is 25.5. The van der Waals surface area contributed by atoms with Crippen LogP contribution in [0.25, 0.3) is 0 Å². The van der Waals surface area contributed by atoms with E-state index in [1.54, 1.807) is 42.5 Å². The Morgan fingerprint density at radius 3 is 2.27 bits per heavy atom. The lowest BCUT2D eigenvalue weighted by Crippen LogP contribution is -2.34. The fourth-order valence-corrected chi connectivity index (χ4v) is 2.81. The van der Waals surface area contributed by atoms with Gasteiger partial charge in [0.25, 0.3) is 11.9 Å². The van der Waals surface area contributed by atoms with Crippen molar-refractivity contribution in [1.29, 1.82) is 0 Å². The molecule has 0 saturated carbocycles. The van der Waals surface area contributed by atoms with E-state index in [1.807, 2.05) is 6.07 Å². The van der Waals surface area contributed by atoms with Crippen LogP contribution in [0.15, 0.2) is 46.9 Å². The standard InChI is InChI=1S/C9H10ClN5O2.C8H10ClN5O2/c10-8-2-1-7(5-12-8)6-14-4-3-11-9(14)13-15(16)17;1-13(8(10)12-14(15)16)5-6-2-3-7(9)11-4-6/h1-2,5H,3-4,6H2,(H,11,13);2-4H,5H2,1H3,(H2,10,12). The van der Waals surface area contributed by atoms with Gasteiger partial charge in [-0.25, -0.2) is 30.2 Å². The van der Waals surface area contributed by atoms with Crippen LogP contribution in [0.1, 0.15) is 11.1 Å². The summed E-state index contributed by atoms with van der Waals surface area (Å²) in [5.41, 5.74) is 7.14. The van der Waals surface area contributed by atoms with Gasteiger partial charge in [0.15, 0.2) is 10.1 Å². The van der Waals surface area contributed by atoms with E-state index in [1.165, 1.54) is 4.90 Å². The zero-order valence-corrected chi connectivity index (χ0v) is 18.8. The van der Waals surface area contributed by atoms with Crippen molar-refractivity contribution >= 4 is 35.1 Å². The van der Waals surface area contributed by atoms with E-state index in [9.17, 15) is 20.2 Å². The first-order valence-corrected chi connectivity index (χ1v) is 10.0. The zero-order valence-electron chi connectivity index (χ0n) is 17.3. The van der Waals surface area contributed by atoms with Crippen LogP contribution in [0.2, 0.25) is 10.3 Å². The van der Waals surface area contributed by atoms with Crippen LogP contribution in [0.5, 0.6) is 0 Å². The maximum Gasteiger partial charge on any atom is 0.271 e. The summed E-state index contributed by atoms with van der Waals surface area (Å²) in [6.45, 7) is 2.21. The molecule has 2 aromatic heterocycles. The van der Waals surface area contributed by atoms with Crippen molar-refractivity contribution in [3.63, 3.8) is 0 Å². The Kier molecular flexibility index (Phi) is 9.50. The van der Waals surface area contributed by atoms with Crippen molar-refractivity contribution in [3.8, 4) is 0 Å². The Morgan fingerprint density at radius 2 is 1.76 bits per heavy atom. The average Bonchev–Trinajstić information content (AvgIpc) is 3.17. The number of guanidine groups is 2. The van der Waals surface area contributed by atoms with Crippen molar-refractivity contribution in [2.45, 2.75) is 13.1 Å². The molecule has 3 heterocycles. The smallest absolute Gasteiger partial charge is 0.271 e. The summed E-state index contributed by atoms with van der Waals surface area (Å²) >= 11 is 11.3. The van der Waals surface area contributed by atoms with E-state index in [4.69, 9.17) is 28.9 Å². The molecule has 1 aliphatic rings. The van der Waals surface area contributed by atoms with Gasteiger partial charge in [-0.2, -0.15) is 0 Å². The summed E-state index contributed by atoms with van der Waals surface area (Å²) in [7, 11) is 1.59. The van der Waals surface area contributed by atoms with Gasteiger partial charge in [-0.1, -0.05) is 35.3 Å². The number of nitrogens with two attached hydrogens (primary N) is 1. The molecule has 1 fully saturated rings. The highest BCUT2D eigenvalue weighted by atomic mass is 35.5. The first-order valence-electron chi connectivity index (χ1n) is 9.26. The highest BCUT2D eigenvalue weighted by Crippen LogP contribution is 2.10. The predicted octanol–water partition coefficient (Wildman–Crippen LogP) is 1.36. The minimum Gasteiger partial charge on any atom is -0.365 e. The van der Waals surface area contributed by atoms with E-state index in [2.05, 4.69) is 25.5 Å². The molecule has 0 aromatic carbocycles. The van der Waals surface area contributed by atoms with Gasteiger partial charge in [0.2, 0.25) is 0 Å². The molecule has 176 valence electrons. The van der Waals surface area contributed by atoms with E-state index < -0.39 is 10.1 Å². The quantitative estimate of drug-likeness (QED) is 0.194. The highest BCUT2D eigenvalue weighted by Gasteiger charge is 2.21. The van der Waals surface area contributed by atoms with E-state index in [0.29, 0.717) is 36.5 Å². The minimum absolute atomic E-state index is 0.167. The molecular formula is C17H20Cl2N10O4. The lowest BCUT2D eigenvalue weighted by molar-refractivity contribution is -0.485. The van der Waals surface area contributed by atoms with Gasteiger partial charge < -0.3 is 20.9 Å². The molecule has 0 bridgehead atoms. The molecular weight excluding hydrogens is 479 g/mol. The molecule has 1 aliphatic heterocycles. The third kappa shape index (κ3) is 9.08. The van der Waals surface area contributed by atoms with Gasteiger partial charge in [-0.05, 0) is 23.3 Å². The molecule has 0 radical (unpaired) electrons. The molecule has 16 heteroatoms. The van der Waals surface area contributed by atoms with Crippen molar-refractivity contribution in [2.24, 2.45) is 15.9 Å². The molecule has 0 unspecified atom stereocenters. The van der Waals surface area contributed by atoms with Gasteiger partial charge in [0.1, 0.15) is 20.5 Å². The molecule has 1 saturated heterocycles. The van der Waals surface area contributed by atoms with Crippen LogP contribution in [0.4, 0.5) is 0 Å². The van der Waals surface area contributed by atoms with Crippen LogP contribution >= 0.6 is 23.2 Å². The number of nitrogens with one attached hydrogen (secondary N) is 1. The van der Waals surface area contributed by atoms with Gasteiger partial charge >= 0.3 is 0 Å². The number of rotatable bonds is 6. The van der Waals surface area contributed by atoms with Crippen molar-refractivity contribution in [3.05, 3.63) is 78.3 Å². The summed E-state index contributed by atoms with van der Waals surface area (Å²) in [6.07, 6.45) is 3.21. The number of hydrogen-bond acceptors (Lipinski definition) is 6. The Bertz CT molecular complexity index is 1020. The monoisotopic (exact) mass is 498 g/mol. The van der Waals surface area contributed by atoms with E-state index in [0.717, 1.165) is 11.1 Å². The highest BCUT2D eigenvalue weighted by molar-refractivity contribution is 6.29. The van der Waals surface area contributed by atoms with Crippen LogP contribution in [-0.4, -0.2) is 61.9 Å². The summed E-state index contributed by atoms with van der Waals surface area (Å²) < 4.78 is 0. The fourth-order valence-electron chi connectivity index (χ4n) is 2.59. The summed E-state index contributed by atoms with van der Waals surface area (Å²) in [5, 5.41) is 28.8. The number of hydrazone groups is 2. The van der Waals surface area contributed by atoms with Gasteiger partial charge in [-0.15, -0.1) is 0 Å². The van der Waals surface area contributed by atoms with Crippen molar-refractivity contribution in [2.75, 3.05) is 20.1 Å². The summed E-state index contributed by atoms with van der Waals surface area (Å²) in [5.74, 6) is 0.116. The summed E-state index contributed by atoms with van der Waals surface area (Å²) in [6, 6.07) is 6.90. The number of hydrogen-bond donors (Lipinski definition) is 2. The SMILES string of the molecule is CN(Cc1ccc(Cl)nc1)/C(N)=N/[N+](=O)[O-].O=[N+]([O-])/N=C1\NCCN1Cc1ccc(Cl)nc1. The zero-order chi connectivity index (χ0) is 24.4. The fraction of sp³-hybridized carbons (Fsp3) is 0.294. The molecule has 0 spiro atoms. The molecule has 0 atom stereocenters. The number of pyridine rings is 2. The first-order chi connectivity index (χ1) is 15.6. The van der Waals surface area contributed by atoms with Gasteiger partial charge in [0.05, 0.1) is 0 Å². The van der Waals surface area contributed by atoms with Crippen LogP contribution in [0, 0.1) is 20.2 Å². The second kappa shape index (κ2) is 12.3. The second-order valence-electron chi connectivity index (χ2n) is 6.54. The molecule has 0 amide bonds. The maximum absolute atomic E-state index is 10.3. The topological polar surface area (TPSA) is 181 Å². The Morgan fingerprint density at radius 1 is 1.15 bits per heavy atom. The number of halogens is 2. The number of nitro groups is 2. The lowest BCUT2D eigenvalue weighted by Gasteiger charge is -2.15. The molecule has 14 nitrogen and oxygen atoms in total. The molecule has 0 aliphatic carbocycles. The average molecular weight is 499 g/mol. The van der Waals surface area contributed by atoms with E-state index in [-0.39, 0.29) is 11.9 Å². The molecule has 2 aromatic rings. The number of nitrogens with zero attached hydrogens (tertiary/aromatic N) is 8.